The lowest BCUT2D eigenvalue weighted by atomic mass is 9.64. The molecule has 1 aliphatic carbocycles. The highest BCUT2D eigenvalue weighted by Crippen LogP contribution is 2.43. The van der Waals surface area contributed by atoms with Crippen molar-refractivity contribution in [2.24, 2.45) is 0 Å². The molecule has 1 aliphatic rings. The van der Waals surface area contributed by atoms with E-state index in [1.165, 1.54) is 35.9 Å². The van der Waals surface area contributed by atoms with Crippen molar-refractivity contribution in [3.05, 3.63) is 66.0 Å². The molecule has 2 aromatic carbocycles. The van der Waals surface area contributed by atoms with Crippen LogP contribution in [-0.2, 0) is 10.2 Å². The van der Waals surface area contributed by atoms with Gasteiger partial charge in [0.2, 0.25) is 5.91 Å². The van der Waals surface area contributed by atoms with Crippen molar-refractivity contribution in [2.45, 2.75) is 29.6 Å². The van der Waals surface area contributed by atoms with Crippen molar-refractivity contribution < 1.29 is 9.18 Å². The number of nitrogens with one attached hydrogen (secondary N) is 1. The standard InChI is InChI=1S/C19H20FNOS/c20-16-7-9-17(10-8-16)23-13-18(22)21-14-19(11-4-12-19)15-5-2-1-3-6-15/h1-3,5-10H,4,11-14H2,(H,21,22). The first kappa shape index (κ1) is 16.1. The van der Waals surface area contributed by atoms with E-state index in [0.29, 0.717) is 12.3 Å². The van der Waals surface area contributed by atoms with Gasteiger partial charge in [0.05, 0.1) is 5.75 Å². The minimum Gasteiger partial charge on any atom is -0.354 e. The predicted molar refractivity (Wildman–Crippen MR) is 92.1 cm³/mol. The zero-order chi connectivity index (χ0) is 16.1. The fraction of sp³-hybridized carbons (Fsp3) is 0.316. The molecule has 0 bridgehead atoms. The largest absolute Gasteiger partial charge is 0.354 e. The van der Waals surface area contributed by atoms with Crippen molar-refractivity contribution in [3.8, 4) is 0 Å². The number of thioether (sulfide) groups is 1. The average molecular weight is 329 g/mol. The average Bonchev–Trinajstić information content (AvgIpc) is 2.54. The van der Waals surface area contributed by atoms with Gasteiger partial charge in [-0.2, -0.15) is 0 Å². The third-order valence-corrected chi connectivity index (χ3v) is 5.52. The van der Waals surface area contributed by atoms with Crippen LogP contribution in [0.25, 0.3) is 0 Å². The first-order valence-corrected chi connectivity index (χ1v) is 8.87. The van der Waals surface area contributed by atoms with Gasteiger partial charge < -0.3 is 5.32 Å². The molecule has 0 spiro atoms. The van der Waals surface area contributed by atoms with Gasteiger partial charge in [-0.05, 0) is 42.7 Å². The van der Waals surface area contributed by atoms with Crippen LogP contribution in [0.4, 0.5) is 4.39 Å². The van der Waals surface area contributed by atoms with E-state index in [-0.39, 0.29) is 17.1 Å². The molecule has 0 aliphatic heterocycles. The van der Waals surface area contributed by atoms with Crippen molar-refractivity contribution in [2.75, 3.05) is 12.3 Å². The lowest BCUT2D eigenvalue weighted by Crippen LogP contribution is -2.46. The molecule has 3 rings (SSSR count). The molecule has 23 heavy (non-hydrogen) atoms. The van der Waals surface area contributed by atoms with Crippen LogP contribution in [0.2, 0.25) is 0 Å². The lowest BCUT2D eigenvalue weighted by molar-refractivity contribution is -0.119. The van der Waals surface area contributed by atoms with Gasteiger partial charge in [0.1, 0.15) is 5.82 Å². The number of benzene rings is 2. The Morgan fingerprint density at radius 3 is 2.39 bits per heavy atom. The molecule has 0 atom stereocenters. The monoisotopic (exact) mass is 329 g/mol. The summed E-state index contributed by atoms with van der Waals surface area (Å²) in [6, 6.07) is 16.7. The van der Waals surface area contributed by atoms with Gasteiger partial charge >= 0.3 is 0 Å². The Morgan fingerprint density at radius 2 is 1.78 bits per heavy atom. The topological polar surface area (TPSA) is 29.1 Å². The molecule has 0 aromatic heterocycles. The van der Waals surface area contributed by atoms with Crippen LogP contribution in [0.15, 0.2) is 59.5 Å². The third-order valence-electron chi connectivity index (χ3n) is 4.50. The summed E-state index contributed by atoms with van der Waals surface area (Å²) in [6.45, 7) is 0.694. The summed E-state index contributed by atoms with van der Waals surface area (Å²) >= 11 is 1.43. The van der Waals surface area contributed by atoms with E-state index in [2.05, 4.69) is 29.6 Å². The number of carbonyl (C=O) groups excluding carboxylic acids is 1. The van der Waals surface area contributed by atoms with Crippen molar-refractivity contribution >= 4 is 17.7 Å². The Hall–Kier alpha value is -1.81. The number of carbonyl (C=O) groups is 1. The molecule has 0 saturated heterocycles. The van der Waals surface area contributed by atoms with Gasteiger partial charge in [-0.3, -0.25) is 4.79 Å². The zero-order valence-corrected chi connectivity index (χ0v) is 13.7. The Labute approximate surface area is 140 Å². The Bertz CT molecular complexity index is 653. The quantitative estimate of drug-likeness (QED) is 0.807. The molecule has 2 nitrogen and oxygen atoms in total. The second-order valence-electron chi connectivity index (χ2n) is 6.02. The summed E-state index contributed by atoms with van der Waals surface area (Å²) in [4.78, 5) is 13.0. The molecule has 120 valence electrons. The fourth-order valence-electron chi connectivity index (χ4n) is 2.96. The van der Waals surface area contributed by atoms with Gasteiger partial charge in [-0.1, -0.05) is 36.8 Å². The molecule has 1 fully saturated rings. The van der Waals surface area contributed by atoms with Crippen molar-refractivity contribution in [1.29, 1.82) is 0 Å². The van der Waals surface area contributed by atoms with E-state index >= 15 is 0 Å². The maximum atomic E-state index is 12.9. The van der Waals surface area contributed by atoms with Gasteiger partial charge in [0.15, 0.2) is 0 Å². The zero-order valence-electron chi connectivity index (χ0n) is 12.9. The smallest absolute Gasteiger partial charge is 0.230 e. The summed E-state index contributed by atoms with van der Waals surface area (Å²) in [5.74, 6) is 0.131. The van der Waals surface area contributed by atoms with E-state index in [0.717, 1.165) is 17.7 Å². The highest BCUT2D eigenvalue weighted by molar-refractivity contribution is 8.00. The number of amides is 1. The SMILES string of the molecule is O=C(CSc1ccc(F)cc1)NCC1(c2ccccc2)CCC1. The molecule has 4 heteroatoms. The second kappa shape index (κ2) is 7.18. The highest BCUT2D eigenvalue weighted by atomic mass is 32.2. The van der Waals surface area contributed by atoms with Crippen LogP contribution >= 0.6 is 11.8 Å². The minimum absolute atomic E-state index is 0.0292. The Morgan fingerprint density at radius 1 is 1.09 bits per heavy atom. The molecule has 0 unspecified atom stereocenters. The first-order valence-electron chi connectivity index (χ1n) is 7.89. The normalized spacial score (nSPS) is 15.7. The van der Waals surface area contributed by atoms with Crippen LogP contribution in [0.3, 0.4) is 0 Å². The van der Waals surface area contributed by atoms with E-state index in [9.17, 15) is 9.18 Å². The summed E-state index contributed by atoms with van der Waals surface area (Å²) in [7, 11) is 0. The lowest BCUT2D eigenvalue weighted by Gasteiger charge is -2.42. The number of hydrogen-bond acceptors (Lipinski definition) is 2. The maximum absolute atomic E-state index is 12.9. The minimum atomic E-state index is -0.256. The second-order valence-corrected chi connectivity index (χ2v) is 7.07. The molecular formula is C19H20FNOS. The third kappa shape index (κ3) is 3.94. The summed E-state index contributed by atoms with van der Waals surface area (Å²) in [5, 5.41) is 3.07. The van der Waals surface area contributed by atoms with E-state index < -0.39 is 0 Å². The van der Waals surface area contributed by atoms with Gasteiger partial charge in [0, 0.05) is 16.9 Å². The molecule has 0 radical (unpaired) electrons. The van der Waals surface area contributed by atoms with Crippen LogP contribution in [0.1, 0.15) is 24.8 Å². The maximum Gasteiger partial charge on any atom is 0.230 e. The number of halogens is 1. The summed E-state index contributed by atoms with van der Waals surface area (Å²) in [6.07, 6.45) is 3.47. The predicted octanol–water partition coefficient (Wildman–Crippen LogP) is 4.16. The molecule has 2 aromatic rings. The van der Waals surface area contributed by atoms with Crippen LogP contribution < -0.4 is 5.32 Å². The van der Waals surface area contributed by atoms with Crippen LogP contribution in [-0.4, -0.2) is 18.2 Å². The summed E-state index contributed by atoms with van der Waals surface area (Å²) < 4.78 is 12.9. The molecule has 0 heterocycles. The van der Waals surface area contributed by atoms with Crippen LogP contribution in [0, 0.1) is 5.82 Å². The summed E-state index contributed by atoms with van der Waals surface area (Å²) in [5.41, 5.74) is 1.43. The van der Waals surface area contributed by atoms with Crippen LogP contribution in [0.5, 0.6) is 0 Å². The van der Waals surface area contributed by atoms with Crippen molar-refractivity contribution in [3.63, 3.8) is 0 Å². The molecule has 1 N–H and O–H groups in total. The fourth-order valence-corrected chi connectivity index (χ4v) is 3.69. The van der Waals surface area contributed by atoms with Crippen molar-refractivity contribution in [1.82, 2.24) is 5.32 Å². The Balaban J connectivity index is 1.51. The highest BCUT2D eigenvalue weighted by Gasteiger charge is 2.38. The van der Waals surface area contributed by atoms with Gasteiger partial charge in [0.25, 0.3) is 0 Å². The van der Waals surface area contributed by atoms with E-state index in [1.807, 2.05) is 6.07 Å². The Kier molecular flexibility index (Phi) is 5.01. The molecular weight excluding hydrogens is 309 g/mol. The number of rotatable bonds is 6. The van der Waals surface area contributed by atoms with E-state index in [4.69, 9.17) is 0 Å². The van der Waals surface area contributed by atoms with E-state index in [1.54, 1.807) is 12.1 Å². The van der Waals surface area contributed by atoms with Gasteiger partial charge in [-0.25, -0.2) is 4.39 Å². The molecule has 1 amide bonds. The first-order chi connectivity index (χ1) is 11.2. The molecule has 1 saturated carbocycles. The number of hydrogen-bond donors (Lipinski definition) is 1. The van der Waals surface area contributed by atoms with Gasteiger partial charge in [-0.15, -0.1) is 11.8 Å².